The fraction of sp³-hybridized carbons (Fsp3) is 0.429. The van der Waals surface area contributed by atoms with Gasteiger partial charge in [0.2, 0.25) is 0 Å². The molecule has 12 nitrogen and oxygen atoms in total. The summed E-state index contributed by atoms with van der Waals surface area (Å²) in [6.45, 7) is 0.972. The van der Waals surface area contributed by atoms with Gasteiger partial charge in [-0.3, -0.25) is 14.7 Å². The van der Waals surface area contributed by atoms with E-state index in [1.807, 2.05) is 6.07 Å². The Morgan fingerprint density at radius 1 is 0.976 bits per heavy atom. The minimum atomic E-state index is -4.21. The molecule has 6 rings (SSSR count). The van der Waals surface area contributed by atoms with Gasteiger partial charge >= 0.3 is 0 Å². The maximum atomic E-state index is 13.8. The molecule has 41 heavy (non-hydrogen) atoms. The van der Waals surface area contributed by atoms with Gasteiger partial charge in [-0.05, 0) is 63.0 Å². The van der Waals surface area contributed by atoms with Crippen molar-refractivity contribution in [1.29, 1.82) is 0 Å². The Morgan fingerprint density at radius 3 is 2.37 bits per heavy atom. The molecule has 1 atom stereocenters. The van der Waals surface area contributed by atoms with Crippen LogP contribution in [-0.2, 0) is 10.0 Å². The molecule has 218 valence electrons. The van der Waals surface area contributed by atoms with E-state index in [2.05, 4.69) is 37.3 Å². The molecule has 13 heteroatoms. The summed E-state index contributed by atoms with van der Waals surface area (Å²) in [6, 6.07) is 9.02. The van der Waals surface area contributed by atoms with Gasteiger partial charge in [0.1, 0.15) is 17.2 Å². The number of nitrogens with one attached hydrogen (secondary N) is 3. The van der Waals surface area contributed by atoms with Crippen LogP contribution < -0.4 is 24.2 Å². The van der Waals surface area contributed by atoms with E-state index in [-0.39, 0.29) is 28.3 Å². The number of aromatic nitrogens is 3. The third-order valence-electron chi connectivity index (χ3n) is 7.81. The molecule has 0 spiro atoms. The van der Waals surface area contributed by atoms with Gasteiger partial charge in [0.25, 0.3) is 10.0 Å². The first-order chi connectivity index (χ1) is 19.8. The number of rotatable bonds is 10. The monoisotopic (exact) mass is 582 g/mol. The lowest BCUT2D eigenvalue weighted by molar-refractivity contribution is 0.186. The molecule has 2 aromatic carbocycles. The molecule has 2 fully saturated rings. The highest BCUT2D eigenvalue weighted by atomic mass is 32.2. The molecule has 1 aliphatic carbocycles. The van der Waals surface area contributed by atoms with Gasteiger partial charge in [0.15, 0.2) is 22.1 Å². The number of H-pyrrole nitrogens is 1. The number of fused-ring (bicyclic) bond motifs is 1. The molecule has 0 bridgehead atoms. The number of anilines is 3. The Bertz CT molecular complexity index is 1650. The zero-order valence-corrected chi connectivity index (χ0v) is 24.3. The molecule has 4 aromatic rings. The van der Waals surface area contributed by atoms with E-state index >= 15 is 0 Å². The van der Waals surface area contributed by atoms with Crippen LogP contribution in [0.5, 0.6) is 17.2 Å². The summed E-state index contributed by atoms with van der Waals surface area (Å²) in [7, 11) is 2.29. The van der Waals surface area contributed by atoms with E-state index in [9.17, 15) is 8.42 Å². The molecule has 1 saturated carbocycles. The van der Waals surface area contributed by atoms with E-state index in [1.54, 1.807) is 24.3 Å². The van der Waals surface area contributed by atoms with Gasteiger partial charge in [0.05, 0.1) is 32.4 Å². The molecular formula is C28H34N6O6S. The largest absolute Gasteiger partial charge is 0.495 e. The average Bonchev–Trinajstić information content (AvgIpc) is 3.61. The van der Waals surface area contributed by atoms with Crippen LogP contribution in [0, 0.1) is 0 Å². The fourth-order valence-electron chi connectivity index (χ4n) is 5.48. The predicted octanol–water partition coefficient (Wildman–Crippen LogP) is 5.16. The molecular weight excluding hydrogens is 548 g/mol. The van der Waals surface area contributed by atoms with Crippen molar-refractivity contribution in [2.24, 2.45) is 0 Å². The molecule has 3 N–H and O–H groups in total. The Hall–Kier alpha value is -3.97. The minimum Gasteiger partial charge on any atom is -0.495 e. The maximum absolute atomic E-state index is 13.8. The average molecular weight is 583 g/mol. The lowest BCUT2D eigenvalue weighted by Crippen LogP contribution is -2.29. The first-order valence-electron chi connectivity index (χ1n) is 13.6. The fourth-order valence-corrected chi connectivity index (χ4v) is 6.80. The van der Waals surface area contributed by atoms with Crippen LogP contribution in [-0.4, -0.2) is 63.6 Å². The van der Waals surface area contributed by atoms with Gasteiger partial charge in [-0.2, -0.15) is 5.10 Å². The van der Waals surface area contributed by atoms with Gasteiger partial charge < -0.3 is 24.1 Å². The van der Waals surface area contributed by atoms with Crippen molar-refractivity contribution < 1.29 is 27.2 Å². The summed E-state index contributed by atoms with van der Waals surface area (Å²) < 4.78 is 52.4. The van der Waals surface area contributed by atoms with Crippen molar-refractivity contribution >= 4 is 38.3 Å². The number of nitrogens with zero attached hydrogens (tertiary/aromatic N) is 3. The number of benzene rings is 2. The third kappa shape index (κ3) is 5.26. The van der Waals surface area contributed by atoms with Gasteiger partial charge in [-0.1, -0.05) is 11.6 Å². The molecule has 1 saturated heterocycles. The second-order valence-electron chi connectivity index (χ2n) is 10.5. The second-order valence-corrected chi connectivity index (χ2v) is 12.2. The van der Waals surface area contributed by atoms with Gasteiger partial charge in [-0.15, -0.1) is 0 Å². The maximum Gasteiger partial charge on any atom is 0.270 e. The Balaban J connectivity index is 1.31. The van der Waals surface area contributed by atoms with E-state index < -0.39 is 10.0 Å². The first kappa shape index (κ1) is 27.2. The molecule has 1 aliphatic heterocycles. The summed E-state index contributed by atoms with van der Waals surface area (Å²) in [6.07, 6.45) is 5.53. The molecule has 2 aromatic heterocycles. The zero-order valence-electron chi connectivity index (χ0n) is 23.5. The van der Waals surface area contributed by atoms with E-state index in [0.717, 1.165) is 49.9 Å². The smallest absolute Gasteiger partial charge is 0.270 e. The number of ether oxygens (including phenoxy) is 3. The molecule has 0 unspecified atom stereocenters. The minimum absolute atomic E-state index is 0.0147. The zero-order chi connectivity index (χ0) is 28.7. The van der Waals surface area contributed by atoms with E-state index in [4.69, 9.17) is 18.7 Å². The number of hydrogen-bond donors (Lipinski definition) is 3. The lowest BCUT2D eigenvalue weighted by Gasteiger charge is -2.33. The van der Waals surface area contributed by atoms with Crippen LogP contribution in [0.15, 0.2) is 39.8 Å². The van der Waals surface area contributed by atoms with E-state index in [0.29, 0.717) is 34.1 Å². The van der Waals surface area contributed by atoms with Crippen LogP contribution in [0.2, 0.25) is 0 Å². The highest BCUT2D eigenvalue weighted by molar-refractivity contribution is 7.93. The van der Waals surface area contributed by atoms with Gasteiger partial charge in [0, 0.05) is 29.8 Å². The number of hydrogen-bond acceptors (Lipinski definition) is 10. The van der Waals surface area contributed by atoms with Gasteiger partial charge in [-0.25, -0.2) is 8.42 Å². The topological polar surface area (TPSA) is 144 Å². The van der Waals surface area contributed by atoms with Crippen LogP contribution in [0.25, 0.3) is 11.0 Å². The number of likely N-dealkylation sites (tertiary alicyclic amines) is 1. The standard InChI is InChI=1S/C28H34N6O6S/c1-34-10-6-5-7-21(34)17-11-24(38-3)27(25(12-17)39-4)41(35,36)33-28-18-13-23(37-2)20(14-22(18)40-32-28)29-26-15-19(30-31-26)16-8-9-16/h11-16,21H,5-10H2,1-4H3,(H,32,33)(H2,29,30,31)/t21-/m0/s1. The normalized spacial score (nSPS) is 17.9. The lowest BCUT2D eigenvalue weighted by atomic mass is 9.95. The van der Waals surface area contributed by atoms with Crippen molar-refractivity contribution in [2.45, 2.75) is 49.0 Å². The van der Waals surface area contributed by atoms with Crippen molar-refractivity contribution in [1.82, 2.24) is 20.3 Å². The van der Waals surface area contributed by atoms with Crippen molar-refractivity contribution in [2.75, 3.05) is 45.0 Å². The Kier molecular flexibility index (Phi) is 7.16. The Labute approximate surface area is 238 Å². The number of aromatic amines is 1. The van der Waals surface area contributed by atoms with Crippen LogP contribution >= 0.6 is 0 Å². The predicted molar refractivity (Wildman–Crippen MR) is 154 cm³/mol. The summed E-state index contributed by atoms with van der Waals surface area (Å²) in [5.41, 5.74) is 3.00. The quantitative estimate of drug-likeness (QED) is 0.229. The first-order valence-corrected chi connectivity index (χ1v) is 15.1. The molecule has 2 aliphatic rings. The highest BCUT2D eigenvalue weighted by Gasteiger charge is 2.31. The third-order valence-corrected chi connectivity index (χ3v) is 9.21. The second kappa shape index (κ2) is 10.8. The molecule has 0 amide bonds. The SMILES string of the molecule is COc1cc2c(NS(=O)(=O)c3c(OC)cc([C@@H]4CCCCN4C)cc3OC)noc2cc1Nc1cc(C2CC2)[nH]n1. The highest BCUT2D eigenvalue weighted by Crippen LogP contribution is 2.43. The van der Waals surface area contributed by atoms with Crippen LogP contribution in [0.4, 0.5) is 17.3 Å². The van der Waals surface area contributed by atoms with E-state index in [1.165, 1.54) is 21.3 Å². The van der Waals surface area contributed by atoms with Crippen molar-refractivity contribution in [3.8, 4) is 17.2 Å². The molecule has 0 radical (unpaired) electrons. The molecule has 3 heterocycles. The van der Waals surface area contributed by atoms with Crippen molar-refractivity contribution in [3.05, 3.63) is 41.6 Å². The summed E-state index contributed by atoms with van der Waals surface area (Å²) in [5, 5.41) is 15.1. The van der Waals surface area contributed by atoms with Crippen LogP contribution in [0.1, 0.15) is 55.3 Å². The number of sulfonamides is 1. The van der Waals surface area contributed by atoms with Crippen molar-refractivity contribution in [3.63, 3.8) is 0 Å². The summed E-state index contributed by atoms with van der Waals surface area (Å²) in [4.78, 5) is 2.15. The number of piperidine rings is 1. The van der Waals surface area contributed by atoms with Crippen LogP contribution in [0.3, 0.4) is 0 Å². The summed E-state index contributed by atoms with van der Waals surface area (Å²) >= 11 is 0. The Morgan fingerprint density at radius 2 is 1.71 bits per heavy atom. The number of methoxy groups -OCH3 is 3. The summed E-state index contributed by atoms with van der Waals surface area (Å²) in [5.74, 6) is 2.04.